The van der Waals surface area contributed by atoms with E-state index in [9.17, 15) is 15.2 Å². The lowest BCUT2D eigenvalue weighted by Gasteiger charge is -2.00. The third kappa shape index (κ3) is 4.18. The highest BCUT2D eigenvalue weighted by atomic mass is 79.9. The molecule has 0 fully saturated rings. The highest BCUT2D eigenvalue weighted by Gasteiger charge is 2.17. The zero-order valence-corrected chi connectivity index (χ0v) is 11.2. The molecule has 8 nitrogen and oxygen atoms in total. The fourth-order valence-electron chi connectivity index (χ4n) is 1.00. The van der Waals surface area contributed by atoms with Gasteiger partial charge in [-0.3, -0.25) is 10.1 Å². The van der Waals surface area contributed by atoms with E-state index in [0.29, 0.717) is 4.47 Å². The lowest BCUT2D eigenvalue weighted by molar-refractivity contribution is -0.385. The van der Waals surface area contributed by atoms with E-state index in [2.05, 4.69) is 26.1 Å². The Kier molecular flexibility index (Phi) is 6.06. The first-order chi connectivity index (χ1) is 7.91. The predicted octanol–water partition coefficient (Wildman–Crippen LogP) is 1.09. The molecule has 0 spiro atoms. The lowest BCUT2D eigenvalue weighted by Crippen LogP contribution is -2.21. The summed E-state index contributed by atoms with van der Waals surface area (Å²) in [5, 5.41) is 27.0. The minimum atomic E-state index is -0.710. The second kappa shape index (κ2) is 6.77. The van der Waals surface area contributed by atoms with Crippen molar-refractivity contribution in [2.24, 2.45) is 21.7 Å². The minimum Gasteiger partial charge on any atom is -0.502 e. The molecule has 0 radical (unpaired) electrons. The van der Waals surface area contributed by atoms with Crippen molar-refractivity contribution in [3.8, 4) is 5.75 Å². The van der Waals surface area contributed by atoms with Gasteiger partial charge in [-0.2, -0.15) is 5.10 Å². The standard InChI is InChI=1S/C8H8BrN5O3.ClH/c9-5-1-4(3-12-13-8(10)11)7(15)6(2-5)14(16)17;/h1-3,15H,(H4,10,11,13);1H. The Bertz CT molecular complexity index is 516. The van der Waals surface area contributed by atoms with Gasteiger partial charge in [0.05, 0.1) is 11.1 Å². The van der Waals surface area contributed by atoms with Gasteiger partial charge in [0, 0.05) is 16.1 Å². The first kappa shape index (κ1) is 16.1. The summed E-state index contributed by atoms with van der Waals surface area (Å²) >= 11 is 3.07. The van der Waals surface area contributed by atoms with Crippen molar-refractivity contribution in [3.63, 3.8) is 0 Å². The van der Waals surface area contributed by atoms with Gasteiger partial charge in [0.15, 0.2) is 0 Å². The van der Waals surface area contributed by atoms with E-state index < -0.39 is 16.4 Å². The van der Waals surface area contributed by atoms with Gasteiger partial charge in [0.25, 0.3) is 0 Å². The quantitative estimate of drug-likeness (QED) is 0.327. The van der Waals surface area contributed by atoms with Crippen LogP contribution in [0.5, 0.6) is 5.75 Å². The molecule has 18 heavy (non-hydrogen) atoms. The number of phenols is 1. The first-order valence-corrected chi connectivity index (χ1v) is 5.00. The van der Waals surface area contributed by atoms with Crippen molar-refractivity contribution in [2.45, 2.75) is 0 Å². The van der Waals surface area contributed by atoms with Gasteiger partial charge < -0.3 is 16.6 Å². The molecule has 1 aromatic rings. The highest BCUT2D eigenvalue weighted by molar-refractivity contribution is 9.10. The molecule has 0 aliphatic carbocycles. The van der Waals surface area contributed by atoms with E-state index >= 15 is 0 Å². The molecule has 98 valence electrons. The van der Waals surface area contributed by atoms with E-state index in [1.807, 2.05) is 0 Å². The Morgan fingerprint density at radius 2 is 2.11 bits per heavy atom. The van der Waals surface area contributed by atoms with Crippen LogP contribution in [0.25, 0.3) is 0 Å². The van der Waals surface area contributed by atoms with Gasteiger partial charge in [-0.1, -0.05) is 15.9 Å². The number of guanidine groups is 1. The van der Waals surface area contributed by atoms with Crippen molar-refractivity contribution in [1.82, 2.24) is 0 Å². The molecule has 0 atom stereocenters. The first-order valence-electron chi connectivity index (χ1n) is 4.20. The summed E-state index contributed by atoms with van der Waals surface area (Å²) in [6.45, 7) is 0. The van der Waals surface area contributed by atoms with Crippen LogP contribution in [0.3, 0.4) is 0 Å². The average molecular weight is 339 g/mol. The second-order valence-electron chi connectivity index (χ2n) is 2.89. The number of hydrogen-bond acceptors (Lipinski definition) is 5. The van der Waals surface area contributed by atoms with Crippen LogP contribution in [-0.2, 0) is 0 Å². The molecule has 0 saturated heterocycles. The van der Waals surface area contributed by atoms with Crippen molar-refractivity contribution in [2.75, 3.05) is 0 Å². The number of halogens is 2. The molecule has 0 aromatic heterocycles. The molecule has 0 aliphatic heterocycles. The molecule has 0 unspecified atom stereocenters. The Morgan fingerprint density at radius 3 is 2.61 bits per heavy atom. The predicted molar refractivity (Wildman–Crippen MR) is 73.1 cm³/mol. The number of nitro benzene ring substituents is 1. The zero-order valence-electron chi connectivity index (χ0n) is 8.78. The molecule has 0 bridgehead atoms. The van der Waals surface area contributed by atoms with Crippen molar-refractivity contribution >= 4 is 46.2 Å². The second-order valence-corrected chi connectivity index (χ2v) is 3.80. The Hall–Kier alpha value is -1.87. The number of aromatic hydroxyl groups is 1. The van der Waals surface area contributed by atoms with E-state index in [1.54, 1.807) is 0 Å². The fourth-order valence-corrected chi connectivity index (χ4v) is 1.46. The van der Waals surface area contributed by atoms with Gasteiger partial charge in [0.1, 0.15) is 0 Å². The number of phenolic OH excluding ortho intramolecular Hbond substituents is 1. The maximum absolute atomic E-state index is 10.6. The molecule has 10 heteroatoms. The summed E-state index contributed by atoms with van der Waals surface area (Å²) in [5.41, 5.74) is 9.76. The largest absolute Gasteiger partial charge is 0.502 e. The van der Waals surface area contributed by atoms with Crippen LogP contribution in [0.1, 0.15) is 5.56 Å². The third-order valence-corrected chi connectivity index (χ3v) is 2.11. The van der Waals surface area contributed by atoms with E-state index in [0.717, 1.165) is 6.21 Å². The molecular weight excluding hydrogens is 329 g/mol. The molecule has 0 saturated carbocycles. The van der Waals surface area contributed by atoms with Crippen LogP contribution in [0.15, 0.2) is 26.8 Å². The van der Waals surface area contributed by atoms with Crippen LogP contribution in [0, 0.1) is 10.1 Å². The van der Waals surface area contributed by atoms with E-state index in [4.69, 9.17) is 11.5 Å². The lowest BCUT2D eigenvalue weighted by atomic mass is 10.2. The molecule has 0 amide bonds. The summed E-state index contributed by atoms with van der Waals surface area (Å²) < 4.78 is 0.424. The average Bonchev–Trinajstić information content (AvgIpc) is 2.21. The number of nitrogens with zero attached hydrogens (tertiary/aromatic N) is 3. The molecule has 0 heterocycles. The normalized spacial score (nSPS) is 9.83. The van der Waals surface area contributed by atoms with Gasteiger partial charge in [-0.05, 0) is 6.07 Å². The summed E-state index contributed by atoms with van der Waals surface area (Å²) in [6.07, 6.45) is 1.10. The van der Waals surface area contributed by atoms with Crippen molar-refractivity contribution in [3.05, 3.63) is 32.3 Å². The minimum absolute atomic E-state index is 0. The maximum Gasteiger partial charge on any atom is 0.312 e. The van der Waals surface area contributed by atoms with Crippen LogP contribution in [-0.4, -0.2) is 22.2 Å². The van der Waals surface area contributed by atoms with Crippen molar-refractivity contribution < 1.29 is 10.0 Å². The summed E-state index contributed by atoms with van der Waals surface area (Å²) in [4.78, 5) is 9.91. The number of nitrogens with two attached hydrogens (primary N) is 2. The zero-order chi connectivity index (χ0) is 13.0. The van der Waals surface area contributed by atoms with Crippen LogP contribution >= 0.6 is 28.3 Å². The van der Waals surface area contributed by atoms with E-state index in [1.165, 1.54) is 12.1 Å². The summed E-state index contributed by atoms with van der Waals surface area (Å²) in [5.74, 6) is -0.766. The smallest absolute Gasteiger partial charge is 0.312 e. The number of rotatable bonds is 3. The Morgan fingerprint density at radius 1 is 1.50 bits per heavy atom. The van der Waals surface area contributed by atoms with Crippen LogP contribution < -0.4 is 11.5 Å². The SMILES string of the molecule is Cl.NC(N)=NN=Cc1cc(Br)cc([N+](=O)[O-])c1O. The van der Waals surface area contributed by atoms with Gasteiger partial charge in [-0.25, -0.2) is 0 Å². The molecular formula is C8H9BrClN5O3. The van der Waals surface area contributed by atoms with Crippen molar-refractivity contribution in [1.29, 1.82) is 0 Å². The number of hydrogen-bond donors (Lipinski definition) is 3. The third-order valence-electron chi connectivity index (χ3n) is 1.65. The molecule has 5 N–H and O–H groups in total. The van der Waals surface area contributed by atoms with Crippen LogP contribution in [0.2, 0.25) is 0 Å². The van der Waals surface area contributed by atoms with Gasteiger partial charge in [-0.15, -0.1) is 17.5 Å². The summed E-state index contributed by atoms with van der Waals surface area (Å²) in [7, 11) is 0. The topological polar surface area (TPSA) is 140 Å². The number of nitro groups is 1. The number of benzene rings is 1. The van der Waals surface area contributed by atoms with E-state index in [-0.39, 0.29) is 23.9 Å². The molecule has 0 aliphatic rings. The molecule has 1 aromatic carbocycles. The Balaban J connectivity index is 0.00000289. The monoisotopic (exact) mass is 337 g/mol. The maximum atomic E-state index is 10.6. The summed E-state index contributed by atoms with van der Waals surface area (Å²) in [6, 6.07) is 2.61. The van der Waals surface area contributed by atoms with Gasteiger partial charge in [0.2, 0.25) is 11.7 Å². The molecule has 1 rings (SSSR count). The highest BCUT2D eigenvalue weighted by Crippen LogP contribution is 2.32. The Labute approximate surface area is 116 Å². The van der Waals surface area contributed by atoms with Gasteiger partial charge >= 0.3 is 5.69 Å². The van der Waals surface area contributed by atoms with Crippen LogP contribution in [0.4, 0.5) is 5.69 Å². The fraction of sp³-hybridized carbons (Fsp3) is 0.